The van der Waals surface area contributed by atoms with Gasteiger partial charge in [-0.2, -0.15) is 0 Å². The van der Waals surface area contributed by atoms with Crippen molar-refractivity contribution in [2.75, 3.05) is 18.5 Å². The number of carbonyl (C=O) groups excluding carboxylic acids is 1. The highest BCUT2D eigenvalue weighted by atomic mass is 79.9. The molecule has 0 radical (unpaired) electrons. The lowest BCUT2D eigenvalue weighted by molar-refractivity contribution is -0.123. The number of halogens is 1. The number of carbonyl (C=O) groups is 1. The van der Waals surface area contributed by atoms with E-state index in [-0.39, 0.29) is 17.2 Å². The summed E-state index contributed by atoms with van der Waals surface area (Å²) in [4.78, 5) is 12.5. The minimum Gasteiger partial charge on any atom is -0.493 e. The van der Waals surface area contributed by atoms with Crippen LogP contribution in [0.3, 0.4) is 0 Å². The van der Waals surface area contributed by atoms with E-state index < -0.39 is 0 Å². The lowest BCUT2D eigenvalue weighted by Gasteiger charge is -2.28. The third-order valence-corrected chi connectivity index (χ3v) is 4.56. The van der Waals surface area contributed by atoms with E-state index >= 15 is 0 Å². The Morgan fingerprint density at radius 1 is 1.43 bits per heavy atom. The minimum atomic E-state index is -0.0816. The number of amides is 1. The number of alkyl halides is 1. The van der Waals surface area contributed by atoms with Crippen molar-refractivity contribution in [3.8, 4) is 5.75 Å². The molecule has 0 aliphatic carbocycles. The first-order chi connectivity index (χ1) is 10.0. The molecular weight excluding hydrogens is 330 g/mol. The molecular formula is C17H24BrNO2. The van der Waals surface area contributed by atoms with Gasteiger partial charge in [0.15, 0.2) is 0 Å². The zero-order valence-corrected chi connectivity index (χ0v) is 14.4. The van der Waals surface area contributed by atoms with E-state index in [9.17, 15) is 4.79 Å². The predicted octanol–water partition coefficient (Wildman–Crippen LogP) is 3.87. The quantitative estimate of drug-likeness (QED) is 0.788. The van der Waals surface area contributed by atoms with E-state index in [4.69, 9.17) is 4.74 Å². The van der Waals surface area contributed by atoms with Gasteiger partial charge in [0.05, 0.1) is 12.5 Å². The first-order valence-electron chi connectivity index (χ1n) is 7.59. The van der Waals surface area contributed by atoms with Crippen LogP contribution in [0.5, 0.6) is 5.75 Å². The largest absolute Gasteiger partial charge is 0.493 e. The van der Waals surface area contributed by atoms with Crippen LogP contribution in [0.25, 0.3) is 0 Å². The van der Waals surface area contributed by atoms with Crippen molar-refractivity contribution in [1.82, 2.24) is 5.32 Å². The number of nitrogens with one attached hydrogen (secondary N) is 1. The summed E-state index contributed by atoms with van der Waals surface area (Å²) in [5.41, 5.74) is 1.15. The molecule has 1 aliphatic heterocycles. The van der Waals surface area contributed by atoms with Gasteiger partial charge in [-0.05, 0) is 30.7 Å². The van der Waals surface area contributed by atoms with Crippen molar-refractivity contribution in [3.05, 3.63) is 29.8 Å². The van der Waals surface area contributed by atoms with Gasteiger partial charge in [0.1, 0.15) is 5.75 Å². The first kappa shape index (κ1) is 16.3. The van der Waals surface area contributed by atoms with Crippen molar-refractivity contribution < 1.29 is 9.53 Å². The SMILES string of the molecule is CC(C)(CCCBr)CNC(=O)C1CCOc2ccccc21. The number of benzene rings is 1. The average Bonchev–Trinajstić information content (AvgIpc) is 2.50. The minimum absolute atomic E-state index is 0.0816. The van der Waals surface area contributed by atoms with Gasteiger partial charge in [-0.15, -0.1) is 0 Å². The summed E-state index contributed by atoms with van der Waals surface area (Å²) in [6.45, 7) is 5.74. The molecule has 1 atom stereocenters. The fourth-order valence-corrected chi connectivity index (χ4v) is 2.98. The first-order valence-corrected chi connectivity index (χ1v) is 8.71. The molecule has 0 fully saturated rings. The maximum absolute atomic E-state index is 12.5. The highest BCUT2D eigenvalue weighted by Crippen LogP contribution is 2.33. The van der Waals surface area contributed by atoms with Crippen LogP contribution in [0.4, 0.5) is 0 Å². The normalized spacial score (nSPS) is 17.8. The van der Waals surface area contributed by atoms with Crippen molar-refractivity contribution in [3.63, 3.8) is 0 Å². The van der Waals surface area contributed by atoms with Crippen LogP contribution in [0.2, 0.25) is 0 Å². The molecule has 2 rings (SSSR count). The van der Waals surface area contributed by atoms with Gasteiger partial charge >= 0.3 is 0 Å². The van der Waals surface area contributed by atoms with Gasteiger partial charge in [-0.25, -0.2) is 0 Å². The molecule has 1 unspecified atom stereocenters. The van der Waals surface area contributed by atoms with Gasteiger partial charge in [0.2, 0.25) is 5.91 Å². The second-order valence-electron chi connectivity index (χ2n) is 6.40. The lowest BCUT2D eigenvalue weighted by atomic mass is 9.87. The third kappa shape index (κ3) is 4.47. The molecule has 4 heteroatoms. The number of rotatable bonds is 6. The summed E-state index contributed by atoms with van der Waals surface area (Å²) in [5.74, 6) is 0.891. The number of hydrogen-bond acceptors (Lipinski definition) is 2. The van der Waals surface area contributed by atoms with Gasteiger partial charge in [-0.1, -0.05) is 48.0 Å². The highest BCUT2D eigenvalue weighted by Gasteiger charge is 2.28. The number of ether oxygens (including phenoxy) is 1. The fraction of sp³-hybridized carbons (Fsp3) is 0.588. The van der Waals surface area contributed by atoms with Gasteiger partial charge < -0.3 is 10.1 Å². The topological polar surface area (TPSA) is 38.3 Å². The molecule has 1 aromatic rings. The van der Waals surface area contributed by atoms with Crippen molar-refractivity contribution in [2.24, 2.45) is 5.41 Å². The summed E-state index contributed by atoms with van der Waals surface area (Å²) in [6.07, 6.45) is 2.98. The molecule has 0 saturated heterocycles. The van der Waals surface area contributed by atoms with Crippen molar-refractivity contribution >= 4 is 21.8 Å². The van der Waals surface area contributed by atoms with E-state index in [0.29, 0.717) is 6.61 Å². The van der Waals surface area contributed by atoms with Crippen LogP contribution in [0, 0.1) is 5.41 Å². The van der Waals surface area contributed by atoms with Gasteiger partial charge in [-0.3, -0.25) is 4.79 Å². The molecule has 0 bridgehead atoms. The molecule has 0 saturated carbocycles. The summed E-state index contributed by atoms with van der Waals surface area (Å²) < 4.78 is 5.62. The van der Waals surface area contributed by atoms with Gasteiger partial charge in [0.25, 0.3) is 0 Å². The molecule has 1 aromatic carbocycles. The molecule has 1 amide bonds. The number of fused-ring (bicyclic) bond motifs is 1. The van der Waals surface area contributed by atoms with E-state index in [1.807, 2.05) is 24.3 Å². The van der Waals surface area contributed by atoms with Crippen LogP contribution in [-0.4, -0.2) is 24.4 Å². The predicted molar refractivity (Wildman–Crippen MR) is 89.1 cm³/mol. The van der Waals surface area contributed by atoms with Crippen LogP contribution >= 0.6 is 15.9 Å². The molecule has 21 heavy (non-hydrogen) atoms. The molecule has 116 valence electrons. The van der Waals surface area contributed by atoms with E-state index in [2.05, 4.69) is 35.1 Å². The number of para-hydroxylation sites is 1. The molecule has 3 nitrogen and oxygen atoms in total. The molecule has 1 N–H and O–H groups in total. The summed E-state index contributed by atoms with van der Waals surface area (Å²) in [7, 11) is 0. The Kier molecular flexibility index (Phi) is 5.68. The van der Waals surface area contributed by atoms with Crippen LogP contribution in [-0.2, 0) is 4.79 Å². The Morgan fingerprint density at radius 3 is 2.95 bits per heavy atom. The molecule has 0 aromatic heterocycles. The number of hydrogen-bond donors (Lipinski definition) is 1. The lowest BCUT2D eigenvalue weighted by Crippen LogP contribution is -2.38. The van der Waals surface area contributed by atoms with Crippen LogP contribution in [0.15, 0.2) is 24.3 Å². The van der Waals surface area contributed by atoms with Crippen molar-refractivity contribution in [1.29, 1.82) is 0 Å². The zero-order valence-electron chi connectivity index (χ0n) is 12.8. The maximum Gasteiger partial charge on any atom is 0.227 e. The van der Waals surface area contributed by atoms with E-state index in [1.165, 1.54) is 0 Å². The van der Waals surface area contributed by atoms with Crippen LogP contribution < -0.4 is 10.1 Å². The Balaban J connectivity index is 1.96. The summed E-state index contributed by atoms with van der Waals surface area (Å²) in [6, 6.07) is 7.85. The zero-order chi connectivity index (χ0) is 15.3. The third-order valence-electron chi connectivity index (χ3n) is 4.00. The smallest absolute Gasteiger partial charge is 0.227 e. The fourth-order valence-electron chi connectivity index (χ4n) is 2.70. The average molecular weight is 354 g/mol. The Hall–Kier alpha value is -1.03. The molecule has 1 heterocycles. The maximum atomic E-state index is 12.5. The Morgan fingerprint density at radius 2 is 2.19 bits per heavy atom. The highest BCUT2D eigenvalue weighted by molar-refractivity contribution is 9.09. The van der Waals surface area contributed by atoms with E-state index in [1.54, 1.807) is 0 Å². The summed E-state index contributed by atoms with van der Waals surface area (Å²) >= 11 is 3.46. The van der Waals surface area contributed by atoms with Crippen molar-refractivity contribution in [2.45, 2.75) is 39.0 Å². The van der Waals surface area contributed by atoms with E-state index in [0.717, 1.165) is 42.5 Å². The van der Waals surface area contributed by atoms with Crippen LogP contribution in [0.1, 0.15) is 44.6 Å². The van der Waals surface area contributed by atoms with Gasteiger partial charge in [0, 0.05) is 17.4 Å². The monoisotopic (exact) mass is 353 g/mol. The second-order valence-corrected chi connectivity index (χ2v) is 7.20. The molecule has 1 aliphatic rings. The Bertz CT molecular complexity index is 487. The summed E-state index contributed by atoms with van der Waals surface area (Å²) in [5, 5.41) is 4.14. The molecule has 0 spiro atoms. The Labute approximate surface area is 135 Å². The second kappa shape index (κ2) is 7.30. The standard InChI is InChI=1S/C17H24BrNO2/c1-17(2,9-5-10-18)12-19-16(20)14-8-11-21-15-7-4-3-6-13(14)15/h3-4,6-7,14H,5,8-12H2,1-2H3,(H,19,20).